The number of hydrogen-bond acceptors (Lipinski definition) is 3. The molecule has 0 saturated heterocycles. The lowest BCUT2D eigenvalue weighted by atomic mass is 10.3. The van der Waals surface area contributed by atoms with E-state index in [4.69, 9.17) is 0 Å². The van der Waals surface area contributed by atoms with Crippen LogP contribution in [0.15, 0.2) is 29.3 Å². The van der Waals surface area contributed by atoms with Crippen LogP contribution in [0, 0.1) is 0 Å². The average Bonchev–Trinajstić information content (AvgIpc) is 2.21. The van der Waals surface area contributed by atoms with E-state index in [1.165, 1.54) is 7.11 Å². The first-order valence-electron chi connectivity index (χ1n) is 4.66. The fraction of sp³-hybridized carbons (Fsp3) is 0.455. The highest BCUT2D eigenvalue weighted by Crippen LogP contribution is 1.94. The second-order valence-electron chi connectivity index (χ2n) is 2.78. The van der Waals surface area contributed by atoms with Gasteiger partial charge in [0, 0.05) is 12.8 Å². The normalized spacial score (nSPS) is 11.0. The van der Waals surface area contributed by atoms with E-state index in [1.54, 1.807) is 18.4 Å². The molecule has 0 radical (unpaired) electrons. The Morgan fingerprint density at radius 2 is 2.29 bits per heavy atom. The topological polar surface area (TPSA) is 38.7 Å². The SMILES string of the molecule is C=C(/C=C\C=NCCCC)C(=O)OC. The Bertz CT molecular complexity index is 242. The molecule has 0 aromatic carbocycles. The van der Waals surface area contributed by atoms with Gasteiger partial charge in [-0.1, -0.05) is 19.9 Å². The van der Waals surface area contributed by atoms with Crippen LogP contribution in [0.2, 0.25) is 0 Å². The fourth-order valence-electron chi connectivity index (χ4n) is 0.743. The molecule has 3 nitrogen and oxygen atoms in total. The zero-order chi connectivity index (χ0) is 10.8. The van der Waals surface area contributed by atoms with Crippen LogP contribution in [-0.2, 0) is 9.53 Å². The van der Waals surface area contributed by atoms with Crippen LogP contribution in [0.1, 0.15) is 19.8 Å². The van der Waals surface area contributed by atoms with Crippen LogP contribution >= 0.6 is 0 Å². The van der Waals surface area contributed by atoms with Crippen molar-refractivity contribution >= 4 is 12.2 Å². The monoisotopic (exact) mass is 195 g/mol. The lowest BCUT2D eigenvalue weighted by Crippen LogP contribution is -2.00. The fourth-order valence-corrected chi connectivity index (χ4v) is 0.743. The lowest BCUT2D eigenvalue weighted by Gasteiger charge is -1.94. The van der Waals surface area contributed by atoms with Gasteiger partial charge in [0.25, 0.3) is 0 Å². The Morgan fingerprint density at radius 1 is 1.57 bits per heavy atom. The molecule has 0 heterocycles. The molecule has 0 aliphatic rings. The summed E-state index contributed by atoms with van der Waals surface area (Å²) in [5.41, 5.74) is 0.328. The zero-order valence-corrected chi connectivity index (χ0v) is 8.82. The third-order valence-corrected chi connectivity index (χ3v) is 1.58. The van der Waals surface area contributed by atoms with Crippen LogP contribution in [0.5, 0.6) is 0 Å². The molecule has 0 spiro atoms. The number of hydrogen-bond donors (Lipinski definition) is 0. The van der Waals surface area contributed by atoms with Crippen molar-refractivity contribution in [3.8, 4) is 0 Å². The second-order valence-corrected chi connectivity index (χ2v) is 2.78. The molecular weight excluding hydrogens is 178 g/mol. The van der Waals surface area contributed by atoms with E-state index in [9.17, 15) is 4.79 Å². The molecule has 14 heavy (non-hydrogen) atoms. The smallest absolute Gasteiger partial charge is 0.337 e. The van der Waals surface area contributed by atoms with E-state index < -0.39 is 5.97 Å². The van der Waals surface area contributed by atoms with Gasteiger partial charge in [-0.25, -0.2) is 4.79 Å². The number of carbonyl (C=O) groups is 1. The van der Waals surface area contributed by atoms with Crippen LogP contribution in [0.25, 0.3) is 0 Å². The Kier molecular flexibility index (Phi) is 7.42. The molecule has 0 atom stereocenters. The predicted octanol–water partition coefficient (Wildman–Crippen LogP) is 2.14. The molecule has 0 amide bonds. The number of nitrogens with zero attached hydrogens (tertiary/aromatic N) is 1. The van der Waals surface area contributed by atoms with Crippen molar-refractivity contribution in [1.82, 2.24) is 0 Å². The molecule has 0 unspecified atom stereocenters. The van der Waals surface area contributed by atoms with Gasteiger partial charge in [0.2, 0.25) is 0 Å². The van der Waals surface area contributed by atoms with Crippen molar-refractivity contribution in [1.29, 1.82) is 0 Å². The van der Waals surface area contributed by atoms with Gasteiger partial charge in [0.05, 0.1) is 12.7 Å². The molecule has 0 aromatic heterocycles. The van der Waals surface area contributed by atoms with Crippen molar-refractivity contribution in [2.75, 3.05) is 13.7 Å². The maximum absolute atomic E-state index is 10.9. The van der Waals surface area contributed by atoms with E-state index in [0.717, 1.165) is 19.4 Å². The molecule has 78 valence electrons. The summed E-state index contributed by atoms with van der Waals surface area (Å²) in [6, 6.07) is 0. The van der Waals surface area contributed by atoms with Crippen LogP contribution < -0.4 is 0 Å². The highest BCUT2D eigenvalue weighted by molar-refractivity contribution is 5.91. The second kappa shape index (κ2) is 8.23. The zero-order valence-electron chi connectivity index (χ0n) is 8.82. The van der Waals surface area contributed by atoms with Crippen LogP contribution in [-0.4, -0.2) is 25.8 Å². The summed E-state index contributed by atoms with van der Waals surface area (Å²) in [5, 5.41) is 0. The largest absolute Gasteiger partial charge is 0.465 e. The van der Waals surface area contributed by atoms with Gasteiger partial charge in [-0.3, -0.25) is 4.99 Å². The summed E-state index contributed by atoms with van der Waals surface area (Å²) < 4.78 is 4.47. The van der Waals surface area contributed by atoms with E-state index in [0.29, 0.717) is 5.57 Å². The molecule has 0 aromatic rings. The molecular formula is C11H17NO2. The van der Waals surface area contributed by atoms with Crippen molar-refractivity contribution < 1.29 is 9.53 Å². The minimum atomic E-state index is -0.414. The number of allylic oxidation sites excluding steroid dienone is 1. The van der Waals surface area contributed by atoms with Gasteiger partial charge in [0.1, 0.15) is 0 Å². The maximum atomic E-state index is 10.9. The van der Waals surface area contributed by atoms with Crippen LogP contribution in [0.4, 0.5) is 0 Å². The molecule has 0 aliphatic carbocycles. The number of methoxy groups -OCH3 is 1. The van der Waals surface area contributed by atoms with Gasteiger partial charge in [0.15, 0.2) is 0 Å². The highest BCUT2D eigenvalue weighted by atomic mass is 16.5. The van der Waals surface area contributed by atoms with E-state index >= 15 is 0 Å². The molecule has 0 rings (SSSR count). The van der Waals surface area contributed by atoms with Gasteiger partial charge < -0.3 is 4.74 Å². The van der Waals surface area contributed by atoms with Gasteiger partial charge in [-0.2, -0.15) is 0 Å². The number of unbranched alkanes of at least 4 members (excludes halogenated alkanes) is 1. The van der Waals surface area contributed by atoms with Crippen LogP contribution in [0.3, 0.4) is 0 Å². The third-order valence-electron chi connectivity index (χ3n) is 1.58. The summed E-state index contributed by atoms with van der Waals surface area (Å²) in [7, 11) is 1.33. The average molecular weight is 195 g/mol. The Morgan fingerprint density at radius 3 is 2.86 bits per heavy atom. The molecule has 0 bridgehead atoms. The minimum absolute atomic E-state index is 0.328. The van der Waals surface area contributed by atoms with Crippen molar-refractivity contribution in [2.45, 2.75) is 19.8 Å². The number of esters is 1. The third kappa shape index (κ3) is 6.17. The molecule has 0 aliphatic heterocycles. The summed E-state index contributed by atoms with van der Waals surface area (Å²) in [4.78, 5) is 15.0. The summed E-state index contributed by atoms with van der Waals surface area (Å²) in [6.07, 6.45) is 7.16. The molecule has 0 saturated carbocycles. The van der Waals surface area contributed by atoms with E-state index in [2.05, 4.69) is 23.2 Å². The quantitative estimate of drug-likeness (QED) is 0.214. The minimum Gasteiger partial charge on any atom is -0.465 e. The molecule has 0 N–H and O–H groups in total. The van der Waals surface area contributed by atoms with E-state index in [1.807, 2.05) is 0 Å². The van der Waals surface area contributed by atoms with Crippen molar-refractivity contribution in [3.63, 3.8) is 0 Å². The van der Waals surface area contributed by atoms with Gasteiger partial charge >= 0.3 is 5.97 Å². The number of rotatable bonds is 6. The van der Waals surface area contributed by atoms with Gasteiger partial charge in [-0.05, 0) is 18.6 Å². The standard InChI is InChI=1S/C11H17NO2/c1-4-5-8-12-9-6-7-10(2)11(13)14-3/h6-7,9H,2,4-5,8H2,1,3H3/b7-6-,12-9?. The number of ether oxygens (including phenoxy) is 1. The van der Waals surface area contributed by atoms with Crippen molar-refractivity contribution in [3.05, 3.63) is 24.3 Å². The Balaban J connectivity index is 3.77. The Labute approximate surface area is 85.2 Å². The number of aliphatic imine (C=N–C) groups is 1. The summed E-state index contributed by atoms with van der Waals surface area (Å²) in [5.74, 6) is -0.414. The van der Waals surface area contributed by atoms with Gasteiger partial charge in [-0.15, -0.1) is 0 Å². The van der Waals surface area contributed by atoms with E-state index in [-0.39, 0.29) is 0 Å². The first kappa shape index (κ1) is 12.6. The highest BCUT2D eigenvalue weighted by Gasteiger charge is 1.99. The first-order chi connectivity index (χ1) is 6.72. The van der Waals surface area contributed by atoms with Crippen molar-refractivity contribution in [2.24, 2.45) is 4.99 Å². The first-order valence-corrected chi connectivity index (χ1v) is 4.66. The maximum Gasteiger partial charge on any atom is 0.337 e. The summed E-state index contributed by atoms with van der Waals surface area (Å²) in [6.45, 7) is 6.48. The summed E-state index contributed by atoms with van der Waals surface area (Å²) >= 11 is 0. The number of carbonyl (C=O) groups excluding carboxylic acids is 1. The predicted molar refractivity (Wildman–Crippen MR) is 58.6 cm³/mol. The molecule has 0 fully saturated rings. The lowest BCUT2D eigenvalue weighted by molar-refractivity contribution is -0.135. The molecule has 3 heteroatoms. The Hall–Kier alpha value is -1.38.